The van der Waals surface area contributed by atoms with E-state index in [2.05, 4.69) is 25.3 Å². The molecule has 21 heavy (non-hydrogen) atoms. The summed E-state index contributed by atoms with van der Waals surface area (Å²) in [6, 6.07) is 0.228. The number of carbonyl (C=O) groups excluding carboxylic acids is 1. The molecule has 112 valence electrons. The summed E-state index contributed by atoms with van der Waals surface area (Å²) in [7, 11) is 1.43. The van der Waals surface area contributed by atoms with Crippen molar-refractivity contribution in [2.24, 2.45) is 0 Å². The molecule has 1 saturated carbocycles. The molecule has 1 atom stereocenters. The number of nitrogens with one attached hydrogen (secondary N) is 2. The van der Waals surface area contributed by atoms with Crippen LogP contribution in [0.1, 0.15) is 19.3 Å². The maximum atomic E-state index is 11.8. The molecule has 2 N–H and O–H groups in total. The second-order valence-electron chi connectivity index (χ2n) is 4.93. The molecule has 0 radical (unpaired) electrons. The average Bonchev–Trinajstić information content (AvgIpc) is 3.19. The smallest absolute Gasteiger partial charge is 0.322 e. The van der Waals surface area contributed by atoms with Crippen LogP contribution in [0.2, 0.25) is 0 Å². The van der Waals surface area contributed by atoms with Gasteiger partial charge in [-0.15, -0.1) is 11.8 Å². The Bertz CT molecular complexity index is 628. The van der Waals surface area contributed by atoms with E-state index < -0.39 is 0 Å². The summed E-state index contributed by atoms with van der Waals surface area (Å²) in [6.07, 6.45) is 6.09. The monoisotopic (exact) mass is 307 g/mol. The van der Waals surface area contributed by atoms with E-state index in [0.717, 1.165) is 29.1 Å². The molecule has 1 unspecified atom stereocenters. The van der Waals surface area contributed by atoms with Crippen molar-refractivity contribution in [3.63, 3.8) is 0 Å². The van der Waals surface area contributed by atoms with Crippen LogP contribution in [0, 0.1) is 0 Å². The standard InChI is InChI=1S/C13H17N5O2S/c1-20-13(19)9(18-8-2-3-8)4-5-21-12-10-11(15-6-14-10)16-7-17-12/h6-9,18H,2-5H2,1H3,(H,14,15,16,17). The van der Waals surface area contributed by atoms with Crippen LogP contribution in [-0.4, -0.2) is 50.9 Å². The first-order valence-corrected chi connectivity index (χ1v) is 7.87. The number of hydrogen-bond donors (Lipinski definition) is 2. The van der Waals surface area contributed by atoms with Gasteiger partial charge in [-0.2, -0.15) is 0 Å². The molecule has 0 spiro atoms. The van der Waals surface area contributed by atoms with Gasteiger partial charge in [0.2, 0.25) is 0 Å². The minimum absolute atomic E-state index is 0.197. The fourth-order valence-corrected chi connectivity index (χ4v) is 3.03. The topological polar surface area (TPSA) is 92.8 Å². The Morgan fingerprint density at radius 3 is 3.14 bits per heavy atom. The van der Waals surface area contributed by atoms with Crippen molar-refractivity contribution < 1.29 is 9.53 Å². The van der Waals surface area contributed by atoms with Gasteiger partial charge in [0.05, 0.1) is 13.4 Å². The van der Waals surface area contributed by atoms with Crippen molar-refractivity contribution in [2.45, 2.75) is 36.4 Å². The van der Waals surface area contributed by atoms with Crippen molar-refractivity contribution >= 4 is 28.9 Å². The first kappa shape index (κ1) is 14.3. The van der Waals surface area contributed by atoms with Crippen LogP contribution in [0.15, 0.2) is 17.7 Å². The first-order valence-electron chi connectivity index (χ1n) is 6.88. The molecule has 1 aliphatic rings. The van der Waals surface area contributed by atoms with Crippen molar-refractivity contribution in [3.8, 4) is 0 Å². The fourth-order valence-electron chi connectivity index (χ4n) is 2.07. The molecule has 0 amide bonds. The minimum Gasteiger partial charge on any atom is -0.468 e. The van der Waals surface area contributed by atoms with Gasteiger partial charge in [0.1, 0.15) is 22.9 Å². The molecule has 2 heterocycles. The molecular weight excluding hydrogens is 290 g/mol. The van der Waals surface area contributed by atoms with Crippen molar-refractivity contribution in [3.05, 3.63) is 12.7 Å². The van der Waals surface area contributed by atoms with E-state index >= 15 is 0 Å². The number of thioether (sulfide) groups is 1. The van der Waals surface area contributed by atoms with E-state index in [0.29, 0.717) is 18.1 Å². The Morgan fingerprint density at radius 2 is 2.38 bits per heavy atom. The lowest BCUT2D eigenvalue weighted by Crippen LogP contribution is -2.39. The lowest BCUT2D eigenvalue weighted by atomic mass is 10.2. The van der Waals surface area contributed by atoms with Crippen molar-refractivity contribution in [2.75, 3.05) is 12.9 Å². The highest BCUT2D eigenvalue weighted by Gasteiger charge is 2.28. The number of ether oxygens (including phenoxy) is 1. The fraction of sp³-hybridized carbons (Fsp3) is 0.538. The number of fused-ring (bicyclic) bond motifs is 1. The van der Waals surface area contributed by atoms with Crippen LogP contribution in [0.3, 0.4) is 0 Å². The molecule has 1 aliphatic carbocycles. The molecule has 0 saturated heterocycles. The summed E-state index contributed by atoms with van der Waals surface area (Å²) in [6.45, 7) is 0. The molecule has 7 nitrogen and oxygen atoms in total. The van der Waals surface area contributed by atoms with E-state index in [-0.39, 0.29) is 12.0 Å². The van der Waals surface area contributed by atoms with Gasteiger partial charge in [0.25, 0.3) is 0 Å². The number of esters is 1. The molecule has 0 bridgehead atoms. The lowest BCUT2D eigenvalue weighted by molar-refractivity contribution is -0.143. The third-order valence-electron chi connectivity index (χ3n) is 3.33. The van der Waals surface area contributed by atoms with E-state index in [9.17, 15) is 4.79 Å². The summed E-state index contributed by atoms with van der Waals surface area (Å²) in [5.41, 5.74) is 1.50. The van der Waals surface area contributed by atoms with Crippen LogP contribution >= 0.6 is 11.8 Å². The molecule has 0 aliphatic heterocycles. The van der Waals surface area contributed by atoms with Gasteiger partial charge in [0, 0.05) is 11.8 Å². The molecule has 8 heteroatoms. The molecule has 2 aromatic rings. The summed E-state index contributed by atoms with van der Waals surface area (Å²) in [5, 5.41) is 4.17. The molecular formula is C13H17N5O2S. The van der Waals surface area contributed by atoms with Gasteiger partial charge in [-0.05, 0) is 19.3 Å². The van der Waals surface area contributed by atoms with Gasteiger partial charge < -0.3 is 15.0 Å². The Morgan fingerprint density at radius 1 is 1.52 bits per heavy atom. The van der Waals surface area contributed by atoms with E-state index in [1.165, 1.54) is 13.4 Å². The lowest BCUT2D eigenvalue weighted by Gasteiger charge is -2.15. The van der Waals surface area contributed by atoms with Crippen LogP contribution in [0.4, 0.5) is 0 Å². The van der Waals surface area contributed by atoms with Gasteiger partial charge in [0.15, 0.2) is 5.65 Å². The van der Waals surface area contributed by atoms with Gasteiger partial charge in [-0.1, -0.05) is 0 Å². The van der Waals surface area contributed by atoms with Crippen molar-refractivity contribution in [1.82, 2.24) is 25.3 Å². The van der Waals surface area contributed by atoms with Crippen LogP contribution < -0.4 is 5.32 Å². The average molecular weight is 307 g/mol. The second kappa shape index (κ2) is 6.40. The molecule has 2 aromatic heterocycles. The molecule has 0 aromatic carbocycles. The third kappa shape index (κ3) is 3.51. The predicted octanol–water partition coefficient (Wildman–Crippen LogP) is 1.13. The first-order chi connectivity index (χ1) is 10.3. The number of nitrogens with zero attached hydrogens (tertiary/aromatic N) is 3. The normalized spacial score (nSPS) is 16.0. The third-order valence-corrected chi connectivity index (χ3v) is 4.36. The van der Waals surface area contributed by atoms with Crippen LogP contribution in [0.25, 0.3) is 11.2 Å². The zero-order chi connectivity index (χ0) is 14.7. The zero-order valence-corrected chi connectivity index (χ0v) is 12.5. The molecule has 1 fully saturated rings. The number of imidazole rings is 1. The Hall–Kier alpha value is -1.67. The van der Waals surface area contributed by atoms with Gasteiger partial charge in [-0.3, -0.25) is 4.79 Å². The summed E-state index contributed by atoms with van der Waals surface area (Å²) in [4.78, 5) is 27.2. The summed E-state index contributed by atoms with van der Waals surface area (Å²) < 4.78 is 4.85. The SMILES string of the molecule is COC(=O)C(CCSc1ncnc2nc[nH]c12)NC1CC1. The number of H-pyrrole nitrogens is 1. The number of carbonyl (C=O) groups is 1. The molecule has 3 rings (SSSR count). The second-order valence-corrected chi connectivity index (χ2v) is 6.02. The Balaban J connectivity index is 1.58. The zero-order valence-electron chi connectivity index (χ0n) is 11.7. The maximum absolute atomic E-state index is 11.8. The largest absolute Gasteiger partial charge is 0.468 e. The van der Waals surface area contributed by atoms with E-state index in [1.54, 1.807) is 18.1 Å². The van der Waals surface area contributed by atoms with Crippen molar-refractivity contribution in [1.29, 1.82) is 0 Å². The highest BCUT2D eigenvalue weighted by atomic mass is 32.2. The maximum Gasteiger partial charge on any atom is 0.322 e. The summed E-state index contributed by atoms with van der Waals surface area (Å²) in [5.74, 6) is 0.571. The number of aromatic amines is 1. The Kier molecular flexibility index (Phi) is 4.35. The Labute approximate surface area is 126 Å². The summed E-state index contributed by atoms with van der Waals surface area (Å²) >= 11 is 1.59. The van der Waals surface area contributed by atoms with Crippen LogP contribution in [-0.2, 0) is 9.53 Å². The predicted molar refractivity (Wildman–Crippen MR) is 79.0 cm³/mol. The number of rotatable bonds is 7. The van der Waals surface area contributed by atoms with Crippen LogP contribution in [0.5, 0.6) is 0 Å². The van der Waals surface area contributed by atoms with Gasteiger partial charge >= 0.3 is 5.97 Å². The minimum atomic E-state index is -0.242. The highest BCUT2D eigenvalue weighted by Crippen LogP contribution is 2.24. The van der Waals surface area contributed by atoms with E-state index in [4.69, 9.17) is 4.74 Å². The van der Waals surface area contributed by atoms with Gasteiger partial charge in [-0.25, -0.2) is 15.0 Å². The number of hydrogen-bond acceptors (Lipinski definition) is 7. The quantitative estimate of drug-likeness (QED) is 0.450. The number of methoxy groups -OCH3 is 1. The van der Waals surface area contributed by atoms with E-state index in [1.807, 2.05) is 0 Å². The highest BCUT2D eigenvalue weighted by molar-refractivity contribution is 7.99. The number of aromatic nitrogens is 4.